The van der Waals surface area contributed by atoms with E-state index >= 15 is 0 Å². The van der Waals surface area contributed by atoms with Crippen LogP contribution in [0.4, 0.5) is 4.39 Å². The third-order valence-electron chi connectivity index (χ3n) is 3.92. The Morgan fingerprint density at radius 3 is 2.84 bits per heavy atom. The number of hydrogen-bond donors (Lipinski definition) is 1. The highest BCUT2D eigenvalue weighted by Gasteiger charge is 2.29. The van der Waals surface area contributed by atoms with Crippen molar-refractivity contribution in [3.05, 3.63) is 34.9 Å². The molecule has 1 aromatic carbocycles. The predicted octanol–water partition coefficient (Wildman–Crippen LogP) is 2.81. The second-order valence-corrected chi connectivity index (χ2v) is 5.61. The van der Waals surface area contributed by atoms with E-state index in [-0.39, 0.29) is 6.61 Å². The van der Waals surface area contributed by atoms with Gasteiger partial charge in [-0.1, -0.05) is 18.2 Å². The van der Waals surface area contributed by atoms with E-state index in [9.17, 15) is 4.39 Å². The van der Waals surface area contributed by atoms with Crippen LogP contribution in [0.25, 0.3) is 0 Å². The number of ether oxygens (including phenoxy) is 1. The van der Waals surface area contributed by atoms with Gasteiger partial charge in [0.1, 0.15) is 5.67 Å². The Kier molecular flexibility index (Phi) is 4.94. The quantitative estimate of drug-likeness (QED) is 0.823. The molecule has 0 amide bonds. The summed E-state index contributed by atoms with van der Waals surface area (Å²) in [5.74, 6) is 0. The van der Waals surface area contributed by atoms with Crippen LogP contribution in [-0.4, -0.2) is 25.9 Å². The Hall–Kier alpha value is -0.930. The van der Waals surface area contributed by atoms with Crippen molar-refractivity contribution < 1.29 is 9.13 Å². The lowest BCUT2D eigenvalue weighted by atomic mass is 9.91. The monoisotopic (exact) mass is 265 g/mol. The van der Waals surface area contributed by atoms with Crippen LogP contribution in [0.3, 0.4) is 0 Å². The van der Waals surface area contributed by atoms with Gasteiger partial charge in [0.25, 0.3) is 0 Å². The second-order valence-electron chi connectivity index (χ2n) is 5.61. The van der Waals surface area contributed by atoms with Gasteiger partial charge in [-0.25, -0.2) is 4.39 Å². The number of rotatable bonds is 7. The number of aryl methyl sites for hydroxylation is 2. The lowest BCUT2D eigenvalue weighted by molar-refractivity contribution is 0.0334. The van der Waals surface area contributed by atoms with Crippen LogP contribution in [0.15, 0.2) is 18.2 Å². The number of halogens is 1. The summed E-state index contributed by atoms with van der Waals surface area (Å²) in [6.07, 6.45) is 5.12. The van der Waals surface area contributed by atoms with Crippen LogP contribution in [0, 0.1) is 0 Å². The van der Waals surface area contributed by atoms with Gasteiger partial charge in [0, 0.05) is 13.5 Å². The zero-order chi connectivity index (χ0) is 13.7. The molecule has 3 heteroatoms. The van der Waals surface area contributed by atoms with Crippen molar-refractivity contribution in [3.8, 4) is 0 Å². The summed E-state index contributed by atoms with van der Waals surface area (Å²) in [5, 5.41) is 0. The first-order valence-electron chi connectivity index (χ1n) is 7.15. The van der Waals surface area contributed by atoms with Crippen LogP contribution in [0.2, 0.25) is 0 Å². The SMILES string of the molecule is COCC(F)(CCCN)Cc1ccc2c(c1)CCC2. The van der Waals surface area contributed by atoms with E-state index in [0.717, 1.165) is 12.0 Å². The predicted molar refractivity (Wildman–Crippen MR) is 76.2 cm³/mol. The van der Waals surface area contributed by atoms with Crippen LogP contribution in [0.1, 0.15) is 36.0 Å². The minimum atomic E-state index is -1.29. The molecule has 19 heavy (non-hydrogen) atoms. The number of alkyl halides is 1. The molecule has 1 aliphatic carbocycles. The molecular weight excluding hydrogens is 241 g/mol. The molecule has 0 radical (unpaired) electrons. The van der Waals surface area contributed by atoms with Crippen molar-refractivity contribution in [2.75, 3.05) is 20.3 Å². The van der Waals surface area contributed by atoms with Gasteiger partial charge in [0.2, 0.25) is 0 Å². The molecule has 1 atom stereocenters. The Bertz CT molecular complexity index is 421. The van der Waals surface area contributed by atoms with E-state index in [0.29, 0.717) is 25.8 Å². The standard InChI is InChI=1S/C16H24FNO/c1-19-12-16(17,8-3-9-18)11-13-6-7-14-4-2-5-15(14)10-13/h6-7,10H,2-5,8-9,11-12,18H2,1H3. The summed E-state index contributed by atoms with van der Waals surface area (Å²) in [6.45, 7) is 0.670. The summed E-state index contributed by atoms with van der Waals surface area (Å²) in [7, 11) is 1.56. The Morgan fingerprint density at radius 1 is 1.32 bits per heavy atom. The van der Waals surface area contributed by atoms with Gasteiger partial charge in [0.15, 0.2) is 0 Å². The fraction of sp³-hybridized carbons (Fsp3) is 0.625. The summed E-state index contributed by atoms with van der Waals surface area (Å²) in [4.78, 5) is 0. The van der Waals surface area contributed by atoms with Crippen molar-refractivity contribution in [1.29, 1.82) is 0 Å². The van der Waals surface area contributed by atoms with E-state index in [1.807, 2.05) is 0 Å². The van der Waals surface area contributed by atoms with Gasteiger partial charge >= 0.3 is 0 Å². The second kappa shape index (κ2) is 6.49. The van der Waals surface area contributed by atoms with E-state index in [2.05, 4.69) is 18.2 Å². The molecule has 1 aliphatic rings. The van der Waals surface area contributed by atoms with E-state index < -0.39 is 5.67 Å². The fourth-order valence-corrected chi connectivity index (χ4v) is 2.99. The molecule has 0 aromatic heterocycles. The summed E-state index contributed by atoms with van der Waals surface area (Å²) < 4.78 is 19.9. The van der Waals surface area contributed by atoms with Crippen molar-refractivity contribution >= 4 is 0 Å². The zero-order valence-corrected chi connectivity index (χ0v) is 11.8. The van der Waals surface area contributed by atoms with Crippen LogP contribution >= 0.6 is 0 Å². The lowest BCUT2D eigenvalue weighted by Crippen LogP contribution is -2.32. The maximum atomic E-state index is 14.8. The summed E-state index contributed by atoms with van der Waals surface area (Å²) in [6, 6.07) is 6.40. The number of fused-ring (bicyclic) bond motifs is 1. The smallest absolute Gasteiger partial charge is 0.138 e. The number of nitrogens with two attached hydrogens (primary N) is 1. The minimum absolute atomic E-state index is 0.143. The first-order valence-corrected chi connectivity index (χ1v) is 7.15. The molecule has 0 saturated heterocycles. The number of hydrogen-bond acceptors (Lipinski definition) is 2. The molecule has 106 valence electrons. The Balaban J connectivity index is 2.07. The van der Waals surface area contributed by atoms with Gasteiger partial charge in [-0.05, 0) is 55.3 Å². The lowest BCUT2D eigenvalue weighted by Gasteiger charge is -2.25. The van der Waals surface area contributed by atoms with Gasteiger partial charge < -0.3 is 10.5 Å². The first-order chi connectivity index (χ1) is 9.17. The van der Waals surface area contributed by atoms with Crippen LogP contribution in [-0.2, 0) is 24.0 Å². The highest BCUT2D eigenvalue weighted by atomic mass is 19.1. The summed E-state index contributed by atoms with van der Waals surface area (Å²) >= 11 is 0. The average molecular weight is 265 g/mol. The fourth-order valence-electron chi connectivity index (χ4n) is 2.99. The largest absolute Gasteiger partial charge is 0.381 e. The van der Waals surface area contributed by atoms with Crippen molar-refractivity contribution in [1.82, 2.24) is 0 Å². The summed E-state index contributed by atoms with van der Waals surface area (Å²) in [5.41, 5.74) is 8.11. The van der Waals surface area contributed by atoms with Gasteiger partial charge in [0.05, 0.1) is 6.61 Å². The molecule has 2 nitrogen and oxygen atoms in total. The number of methoxy groups -OCH3 is 1. The van der Waals surface area contributed by atoms with Crippen LogP contribution in [0.5, 0.6) is 0 Å². The molecule has 0 spiro atoms. The van der Waals surface area contributed by atoms with E-state index in [1.165, 1.54) is 24.0 Å². The highest BCUT2D eigenvalue weighted by molar-refractivity contribution is 5.35. The maximum absolute atomic E-state index is 14.8. The van der Waals surface area contributed by atoms with Gasteiger partial charge in [-0.3, -0.25) is 0 Å². The molecule has 1 unspecified atom stereocenters. The van der Waals surface area contributed by atoms with E-state index in [1.54, 1.807) is 7.11 Å². The molecule has 0 bridgehead atoms. The maximum Gasteiger partial charge on any atom is 0.138 e. The third-order valence-corrected chi connectivity index (χ3v) is 3.92. The molecular formula is C16H24FNO. The number of benzene rings is 1. The van der Waals surface area contributed by atoms with Crippen molar-refractivity contribution in [2.24, 2.45) is 5.73 Å². The molecule has 0 fully saturated rings. The van der Waals surface area contributed by atoms with Crippen LogP contribution < -0.4 is 5.73 Å². The molecule has 0 saturated carbocycles. The topological polar surface area (TPSA) is 35.2 Å². The third kappa shape index (κ3) is 3.77. The van der Waals surface area contributed by atoms with Gasteiger partial charge in [-0.15, -0.1) is 0 Å². The van der Waals surface area contributed by atoms with Crippen molar-refractivity contribution in [2.45, 2.75) is 44.2 Å². The molecule has 0 aliphatic heterocycles. The van der Waals surface area contributed by atoms with E-state index in [4.69, 9.17) is 10.5 Å². The molecule has 2 rings (SSSR count). The van der Waals surface area contributed by atoms with Crippen molar-refractivity contribution in [3.63, 3.8) is 0 Å². The molecule has 1 aromatic rings. The zero-order valence-electron chi connectivity index (χ0n) is 11.8. The highest BCUT2D eigenvalue weighted by Crippen LogP contribution is 2.28. The minimum Gasteiger partial charge on any atom is -0.381 e. The Morgan fingerprint density at radius 2 is 2.11 bits per heavy atom. The normalized spacial score (nSPS) is 17.2. The Labute approximate surface area is 115 Å². The molecule has 0 heterocycles. The first kappa shape index (κ1) is 14.5. The molecule has 2 N–H and O–H groups in total. The van der Waals surface area contributed by atoms with Gasteiger partial charge in [-0.2, -0.15) is 0 Å². The average Bonchev–Trinajstić information content (AvgIpc) is 2.84.